The van der Waals surface area contributed by atoms with Gasteiger partial charge in [-0.2, -0.15) is 0 Å². The lowest BCUT2D eigenvalue weighted by Gasteiger charge is -2.32. The lowest BCUT2D eigenvalue weighted by molar-refractivity contribution is -0.117. The minimum atomic E-state index is -0.108. The number of rotatable bonds is 4. The third-order valence-corrected chi connectivity index (χ3v) is 4.60. The van der Waals surface area contributed by atoms with Crippen molar-refractivity contribution in [2.24, 2.45) is 5.92 Å². The Morgan fingerprint density at radius 3 is 3.00 bits per heavy atom. The first-order valence-corrected chi connectivity index (χ1v) is 8.21. The van der Waals surface area contributed by atoms with E-state index < -0.39 is 0 Å². The van der Waals surface area contributed by atoms with Gasteiger partial charge in [-0.05, 0) is 30.4 Å². The molecule has 3 amide bonds. The van der Waals surface area contributed by atoms with Crippen molar-refractivity contribution in [2.45, 2.75) is 19.3 Å². The third kappa shape index (κ3) is 3.47. The smallest absolute Gasteiger partial charge is 0.317 e. The van der Waals surface area contributed by atoms with Crippen molar-refractivity contribution in [1.29, 1.82) is 0 Å². The maximum absolute atomic E-state index is 12.2. The second-order valence-electron chi connectivity index (χ2n) is 6.22. The molecule has 1 saturated heterocycles. The van der Waals surface area contributed by atoms with Crippen molar-refractivity contribution >= 4 is 17.6 Å². The predicted octanol–water partition coefficient (Wildman–Crippen LogP) is 0.990. The maximum atomic E-state index is 12.2. The Kier molecular flexibility index (Phi) is 4.81. The molecule has 1 atom stereocenters. The van der Waals surface area contributed by atoms with Gasteiger partial charge in [0.05, 0.1) is 6.42 Å². The number of fused-ring (bicyclic) bond motifs is 1. The second-order valence-corrected chi connectivity index (χ2v) is 6.22. The number of hydrogen-bond acceptors (Lipinski definition) is 3. The fraction of sp³-hybridized carbons (Fsp3) is 0.529. The van der Waals surface area contributed by atoms with Crippen molar-refractivity contribution < 1.29 is 14.7 Å². The van der Waals surface area contributed by atoms with E-state index in [4.69, 9.17) is 0 Å². The molecule has 0 aliphatic carbocycles. The van der Waals surface area contributed by atoms with Crippen LogP contribution in [0.2, 0.25) is 0 Å². The molecule has 0 spiro atoms. The summed E-state index contributed by atoms with van der Waals surface area (Å²) in [5.41, 5.74) is 2.00. The Morgan fingerprint density at radius 2 is 2.17 bits per heavy atom. The number of urea groups is 1. The summed E-state index contributed by atoms with van der Waals surface area (Å²) in [6.45, 7) is 2.38. The molecule has 0 unspecified atom stereocenters. The number of nitrogens with zero attached hydrogens (tertiary/aromatic N) is 2. The quantitative estimate of drug-likeness (QED) is 0.870. The molecule has 6 heteroatoms. The first-order valence-electron chi connectivity index (χ1n) is 8.21. The predicted molar refractivity (Wildman–Crippen MR) is 87.3 cm³/mol. The van der Waals surface area contributed by atoms with E-state index in [0.717, 1.165) is 30.6 Å². The summed E-state index contributed by atoms with van der Waals surface area (Å²) in [5, 5.41) is 12.1. The molecule has 2 heterocycles. The molecule has 1 fully saturated rings. The molecule has 3 rings (SSSR count). The van der Waals surface area contributed by atoms with Crippen LogP contribution < -0.4 is 10.2 Å². The molecular weight excluding hydrogens is 294 g/mol. The lowest BCUT2D eigenvalue weighted by atomic mass is 9.99. The average Bonchev–Trinajstić information content (AvgIpc) is 2.90. The molecule has 1 aromatic carbocycles. The second kappa shape index (κ2) is 7.00. The molecule has 0 radical (unpaired) electrons. The van der Waals surface area contributed by atoms with Gasteiger partial charge in [0, 0.05) is 38.5 Å². The number of carbonyl (C=O) groups excluding carboxylic acids is 2. The van der Waals surface area contributed by atoms with E-state index in [0.29, 0.717) is 26.1 Å². The summed E-state index contributed by atoms with van der Waals surface area (Å²) in [7, 11) is 0. The third-order valence-electron chi connectivity index (χ3n) is 4.60. The molecule has 0 saturated carbocycles. The summed E-state index contributed by atoms with van der Waals surface area (Å²) >= 11 is 0. The molecule has 124 valence electrons. The Labute approximate surface area is 136 Å². The Hall–Kier alpha value is -2.08. The van der Waals surface area contributed by atoms with E-state index in [1.807, 2.05) is 24.3 Å². The highest BCUT2D eigenvalue weighted by atomic mass is 16.3. The highest BCUT2D eigenvalue weighted by Crippen LogP contribution is 2.27. The minimum Gasteiger partial charge on any atom is -0.396 e. The van der Waals surface area contributed by atoms with E-state index in [-0.39, 0.29) is 24.5 Å². The number of aliphatic hydroxyl groups is 1. The van der Waals surface area contributed by atoms with Gasteiger partial charge >= 0.3 is 6.03 Å². The zero-order valence-corrected chi connectivity index (χ0v) is 13.2. The van der Waals surface area contributed by atoms with Gasteiger partial charge in [-0.25, -0.2) is 4.79 Å². The number of hydrogen-bond donors (Lipinski definition) is 2. The van der Waals surface area contributed by atoms with Crippen molar-refractivity contribution in [2.75, 3.05) is 37.7 Å². The van der Waals surface area contributed by atoms with Gasteiger partial charge in [0.2, 0.25) is 5.91 Å². The van der Waals surface area contributed by atoms with Crippen molar-refractivity contribution in [3.63, 3.8) is 0 Å². The monoisotopic (exact) mass is 317 g/mol. The van der Waals surface area contributed by atoms with Gasteiger partial charge in [-0.15, -0.1) is 0 Å². The average molecular weight is 317 g/mol. The summed E-state index contributed by atoms with van der Waals surface area (Å²) in [4.78, 5) is 27.7. The van der Waals surface area contributed by atoms with Gasteiger partial charge in [0.15, 0.2) is 0 Å². The number of amides is 3. The minimum absolute atomic E-state index is 0.0822. The number of para-hydroxylation sites is 1. The summed E-state index contributed by atoms with van der Waals surface area (Å²) in [6.07, 6.45) is 2.34. The highest BCUT2D eigenvalue weighted by molar-refractivity contribution is 6.01. The molecule has 0 bridgehead atoms. The molecule has 1 aromatic rings. The zero-order chi connectivity index (χ0) is 16.2. The number of anilines is 1. The van der Waals surface area contributed by atoms with E-state index in [1.54, 1.807) is 9.80 Å². The zero-order valence-electron chi connectivity index (χ0n) is 13.2. The van der Waals surface area contributed by atoms with Gasteiger partial charge in [-0.3, -0.25) is 4.79 Å². The van der Waals surface area contributed by atoms with Gasteiger partial charge < -0.3 is 20.2 Å². The first kappa shape index (κ1) is 15.8. The van der Waals surface area contributed by atoms with Crippen LogP contribution in [0.25, 0.3) is 0 Å². The van der Waals surface area contributed by atoms with E-state index in [1.165, 1.54) is 0 Å². The van der Waals surface area contributed by atoms with Gasteiger partial charge in [-0.1, -0.05) is 18.2 Å². The maximum Gasteiger partial charge on any atom is 0.317 e. The highest BCUT2D eigenvalue weighted by Gasteiger charge is 2.27. The summed E-state index contributed by atoms with van der Waals surface area (Å²) < 4.78 is 0. The fourth-order valence-corrected chi connectivity index (χ4v) is 3.35. The van der Waals surface area contributed by atoms with Crippen LogP contribution in [0.3, 0.4) is 0 Å². The van der Waals surface area contributed by atoms with E-state index in [9.17, 15) is 14.7 Å². The SMILES string of the molecule is O=C(NCCN1C(=O)Cc2ccccc21)N1CCC[C@@H](CO)C1. The number of nitrogens with one attached hydrogen (secondary N) is 1. The molecule has 6 nitrogen and oxygen atoms in total. The molecule has 23 heavy (non-hydrogen) atoms. The van der Waals surface area contributed by atoms with Crippen molar-refractivity contribution in [3.8, 4) is 0 Å². The Balaban J connectivity index is 1.50. The number of carbonyl (C=O) groups is 2. The van der Waals surface area contributed by atoms with Crippen LogP contribution >= 0.6 is 0 Å². The molecule has 2 N–H and O–H groups in total. The largest absolute Gasteiger partial charge is 0.396 e. The van der Waals surface area contributed by atoms with Gasteiger partial charge in [0.25, 0.3) is 0 Å². The number of aliphatic hydroxyl groups excluding tert-OH is 1. The summed E-state index contributed by atoms with van der Waals surface area (Å²) in [6, 6.07) is 7.66. The lowest BCUT2D eigenvalue weighted by Crippen LogP contribution is -2.48. The number of likely N-dealkylation sites (tertiary alicyclic amines) is 1. The number of benzene rings is 1. The van der Waals surface area contributed by atoms with Crippen LogP contribution in [0.5, 0.6) is 0 Å². The standard InChI is InChI=1S/C17H23N3O3/c21-12-13-4-3-8-19(11-13)17(23)18-7-9-20-15-6-2-1-5-14(15)10-16(20)22/h1-2,5-6,13,21H,3-4,7-12H2,(H,18,23)/t13-/m1/s1. The van der Waals surface area contributed by atoms with Crippen LogP contribution in [0, 0.1) is 5.92 Å². The van der Waals surface area contributed by atoms with Crippen LogP contribution in [-0.2, 0) is 11.2 Å². The van der Waals surface area contributed by atoms with Crippen molar-refractivity contribution in [1.82, 2.24) is 10.2 Å². The number of piperidine rings is 1. The van der Waals surface area contributed by atoms with Crippen LogP contribution in [0.4, 0.5) is 10.5 Å². The van der Waals surface area contributed by atoms with Crippen LogP contribution in [0.1, 0.15) is 18.4 Å². The molecule has 2 aliphatic heterocycles. The Morgan fingerprint density at radius 1 is 1.35 bits per heavy atom. The molecule has 0 aromatic heterocycles. The normalized spacial score (nSPS) is 20.6. The van der Waals surface area contributed by atoms with Crippen LogP contribution in [0.15, 0.2) is 24.3 Å². The van der Waals surface area contributed by atoms with E-state index in [2.05, 4.69) is 5.32 Å². The van der Waals surface area contributed by atoms with Gasteiger partial charge in [0.1, 0.15) is 0 Å². The molecule has 2 aliphatic rings. The first-order chi connectivity index (χ1) is 11.2. The van der Waals surface area contributed by atoms with Crippen molar-refractivity contribution in [3.05, 3.63) is 29.8 Å². The topological polar surface area (TPSA) is 72.9 Å². The van der Waals surface area contributed by atoms with E-state index >= 15 is 0 Å². The molecular formula is C17H23N3O3. The fourth-order valence-electron chi connectivity index (χ4n) is 3.35. The summed E-state index contributed by atoms with van der Waals surface area (Å²) in [5.74, 6) is 0.264. The van der Waals surface area contributed by atoms with Crippen LogP contribution in [-0.4, -0.2) is 54.7 Å². The Bertz CT molecular complexity index is 590.